The summed E-state index contributed by atoms with van der Waals surface area (Å²) in [7, 11) is 0. The summed E-state index contributed by atoms with van der Waals surface area (Å²) in [6, 6.07) is 9.89. The van der Waals surface area contributed by atoms with Crippen molar-refractivity contribution in [2.75, 3.05) is 6.54 Å². The Kier molecular flexibility index (Phi) is 4.67. The molecule has 0 atom stereocenters. The van der Waals surface area contributed by atoms with E-state index < -0.39 is 0 Å². The van der Waals surface area contributed by atoms with Crippen molar-refractivity contribution in [2.24, 2.45) is 0 Å². The molecule has 0 N–H and O–H groups in total. The number of rotatable bonds is 5. The van der Waals surface area contributed by atoms with E-state index in [9.17, 15) is 0 Å². The van der Waals surface area contributed by atoms with E-state index in [0.29, 0.717) is 5.15 Å². The van der Waals surface area contributed by atoms with Crippen molar-refractivity contribution in [1.29, 1.82) is 0 Å². The summed E-state index contributed by atoms with van der Waals surface area (Å²) in [4.78, 5) is 10.7. The van der Waals surface area contributed by atoms with Crippen molar-refractivity contribution in [3.63, 3.8) is 0 Å². The van der Waals surface area contributed by atoms with Gasteiger partial charge in [0.2, 0.25) is 0 Å². The lowest BCUT2D eigenvalue weighted by Gasteiger charge is -2.20. The van der Waals surface area contributed by atoms with Gasteiger partial charge in [0.1, 0.15) is 5.15 Å². The van der Waals surface area contributed by atoms with Crippen molar-refractivity contribution >= 4 is 11.6 Å². The summed E-state index contributed by atoms with van der Waals surface area (Å²) in [5.41, 5.74) is 2.12. The normalized spacial score (nSPS) is 10.8. The first-order valence-electron chi connectivity index (χ1n) is 6.01. The molecule has 0 aromatic carbocycles. The maximum atomic E-state index is 6.07. The van der Waals surface area contributed by atoms with Gasteiger partial charge in [0.15, 0.2) is 0 Å². The van der Waals surface area contributed by atoms with Gasteiger partial charge in [-0.15, -0.1) is 0 Å². The van der Waals surface area contributed by atoms with E-state index in [2.05, 4.69) is 21.8 Å². The zero-order chi connectivity index (χ0) is 12.8. The molecule has 0 saturated carbocycles. The monoisotopic (exact) mass is 261 g/mol. The maximum absolute atomic E-state index is 6.07. The van der Waals surface area contributed by atoms with Gasteiger partial charge in [0.25, 0.3) is 0 Å². The van der Waals surface area contributed by atoms with E-state index >= 15 is 0 Å². The second kappa shape index (κ2) is 6.47. The van der Waals surface area contributed by atoms with E-state index in [1.165, 1.54) is 0 Å². The fraction of sp³-hybridized carbons (Fsp3) is 0.286. The highest BCUT2D eigenvalue weighted by molar-refractivity contribution is 6.30. The molecule has 2 rings (SSSR count). The van der Waals surface area contributed by atoms with Crippen LogP contribution in [0.3, 0.4) is 0 Å². The van der Waals surface area contributed by atoms with Crippen molar-refractivity contribution in [3.05, 3.63) is 59.1 Å². The zero-order valence-electron chi connectivity index (χ0n) is 10.4. The van der Waals surface area contributed by atoms with Crippen molar-refractivity contribution < 1.29 is 0 Å². The molecule has 0 aliphatic carbocycles. The van der Waals surface area contributed by atoms with Crippen molar-refractivity contribution in [3.8, 4) is 0 Å². The van der Waals surface area contributed by atoms with E-state index in [1.54, 1.807) is 6.20 Å². The molecule has 4 heteroatoms. The van der Waals surface area contributed by atoms with Crippen LogP contribution in [0.5, 0.6) is 0 Å². The molecule has 0 saturated heterocycles. The second-order valence-electron chi connectivity index (χ2n) is 4.08. The Hall–Kier alpha value is -1.45. The molecule has 0 spiro atoms. The predicted octanol–water partition coefficient (Wildman–Crippen LogP) is 3.15. The minimum Gasteiger partial charge on any atom is -0.293 e. The summed E-state index contributed by atoms with van der Waals surface area (Å²) < 4.78 is 0. The summed E-state index contributed by atoms with van der Waals surface area (Å²) >= 11 is 6.07. The molecular weight excluding hydrogens is 246 g/mol. The van der Waals surface area contributed by atoms with Crippen LogP contribution < -0.4 is 0 Å². The average Bonchev–Trinajstić information content (AvgIpc) is 2.41. The first-order chi connectivity index (χ1) is 8.79. The standard InChI is InChI=1S/C14H16ClN3/c1-2-18(11-13-7-3-4-8-16-13)10-12-6-5-9-17-14(12)15/h3-9H,2,10-11H2,1H3. The van der Waals surface area contributed by atoms with Gasteiger partial charge in [-0.3, -0.25) is 9.88 Å². The van der Waals surface area contributed by atoms with Crippen molar-refractivity contribution in [2.45, 2.75) is 20.0 Å². The zero-order valence-corrected chi connectivity index (χ0v) is 11.1. The van der Waals surface area contributed by atoms with Gasteiger partial charge in [-0.25, -0.2) is 4.98 Å². The highest BCUT2D eigenvalue weighted by atomic mass is 35.5. The molecule has 0 aliphatic heterocycles. The summed E-state index contributed by atoms with van der Waals surface area (Å²) in [6.07, 6.45) is 3.53. The summed E-state index contributed by atoms with van der Waals surface area (Å²) in [5.74, 6) is 0. The van der Waals surface area contributed by atoms with Crippen LogP contribution >= 0.6 is 11.6 Å². The van der Waals surface area contributed by atoms with Crippen LogP contribution in [0.4, 0.5) is 0 Å². The molecular formula is C14H16ClN3. The molecule has 94 valence electrons. The summed E-state index contributed by atoms with van der Waals surface area (Å²) in [6.45, 7) is 4.69. The summed E-state index contributed by atoms with van der Waals surface area (Å²) in [5, 5.41) is 0.581. The van der Waals surface area contributed by atoms with Crippen LogP contribution in [0.15, 0.2) is 42.7 Å². The number of hydrogen-bond donors (Lipinski definition) is 0. The topological polar surface area (TPSA) is 29.0 Å². The lowest BCUT2D eigenvalue weighted by molar-refractivity contribution is 0.268. The third kappa shape index (κ3) is 3.52. The van der Waals surface area contributed by atoms with Crippen LogP contribution in [0, 0.1) is 0 Å². The van der Waals surface area contributed by atoms with Gasteiger partial charge < -0.3 is 0 Å². The number of halogens is 1. The highest BCUT2D eigenvalue weighted by Gasteiger charge is 2.08. The van der Waals surface area contributed by atoms with Crippen LogP contribution in [0.1, 0.15) is 18.2 Å². The molecule has 0 bridgehead atoms. The Labute approximate surface area is 112 Å². The molecule has 2 aromatic rings. The Morgan fingerprint density at radius 3 is 2.56 bits per heavy atom. The van der Waals surface area contributed by atoms with Gasteiger partial charge in [-0.05, 0) is 24.7 Å². The number of pyridine rings is 2. The van der Waals surface area contributed by atoms with E-state index in [1.807, 2.05) is 36.5 Å². The van der Waals surface area contributed by atoms with Crippen LogP contribution in [0.2, 0.25) is 5.15 Å². The number of nitrogens with zero attached hydrogens (tertiary/aromatic N) is 3. The third-order valence-corrected chi connectivity index (χ3v) is 3.13. The minimum absolute atomic E-state index is 0.581. The van der Waals surface area contributed by atoms with Crippen molar-refractivity contribution in [1.82, 2.24) is 14.9 Å². The lowest BCUT2D eigenvalue weighted by Crippen LogP contribution is -2.23. The molecule has 3 nitrogen and oxygen atoms in total. The fourth-order valence-electron chi connectivity index (χ4n) is 1.78. The van der Waals surface area contributed by atoms with Gasteiger partial charge in [-0.2, -0.15) is 0 Å². The molecule has 0 radical (unpaired) electrons. The molecule has 0 amide bonds. The highest BCUT2D eigenvalue weighted by Crippen LogP contribution is 2.15. The molecule has 0 fully saturated rings. The largest absolute Gasteiger partial charge is 0.293 e. The Morgan fingerprint density at radius 1 is 1.06 bits per heavy atom. The smallest absolute Gasteiger partial charge is 0.133 e. The SMILES string of the molecule is CCN(Cc1ccccn1)Cc1cccnc1Cl. The average molecular weight is 262 g/mol. The number of aromatic nitrogens is 2. The van der Waals surface area contributed by atoms with Gasteiger partial charge >= 0.3 is 0 Å². The van der Waals surface area contributed by atoms with Gasteiger partial charge in [-0.1, -0.05) is 30.7 Å². The molecule has 0 unspecified atom stereocenters. The Morgan fingerprint density at radius 2 is 1.89 bits per heavy atom. The molecule has 2 heterocycles. The first-order valence-corrected chi connectivity index (χ1v) is 6.39. The predicted molar refractivity (Wildman–Crippen MR) is 73.3 cm³/mol. The lowest BCUT2D eigenvalue weighted by atomic mass is 10.2. The van der Waals surface area contributed by atoms with Crippen LogP contribution in [-0.4, -0.2) is 21.4 Å². The van der Waals surface area contributed by atoms with Crippen LogP contribution in [-0.2, 0) is 13.1 Å². The van der Waals surface area contributed by atoms with Gasteiger partial charge in [0.05, 0.1) is 5.69 Å². The molecule has 18 heavy (non-hydrogen) atoms. The van der Waals surface area contributed by atoms with E-state index in [4.69, 9.17) is 11.6 Å². The first kappa shape index (κ1) is 13.0. The quantitative estimate of drug-likeness (QED) is 0.775. The second-order valence-corrected chi connectivity index (χ2v) is 4.44. The fourth-order valence-corrected chi connectivity index (χ4v) is 1.96. The van der Waals surface area contributed by atoms with Crippen LogP contribution in [0.25, 0.3) is 0 Å². The number of hydrogen-bond acceptors (Lipinski definition) is 3. The third-order valence-electron chi connectivity index (χ3n) is 2.79. The minimum atomic E-state index is 0.581. The molecule has 0 aliphatic rings. The van der Waals surface area contributed by atoms with E-state index in [0.717, 1.165) is 30.9 Å². The Bertz CT molecular complexity index is 487. The van der Waals surface area contributed by atoms with Gasteiger partial charge in [0, 0.05) is 31.0 Å². The maximum Gasteiger partial charge on any atom is 0.133 e. The molecule has 2 aromatic heterocycles. The van der Waals surface area contributed by atoms with E-state index in [-0.39, 0.29) is 0 Å². The Balaban J connectivity index is 2.04.